The van der Waals surface area contributed by atoms with Gasteiger partial charge in [-0.05, 0) is 55.3 Å². The van der Waals surface area contributed by atoms with E-state index in [9.17, 15) is 4.79 Å². The number of pyridine rings is 2. The maximum atomic E-state index is 12.6. The van der Waals surface area contributed by atoms with Gasteiger partial charge in [0.2, 0.25) is 0 Å². The molecule has 1 amide bonds. The van der Waals surface area contributed by atoms with Crippen LogP contribution in [0.3, 0.4) is 0 Å². The Morgan fingerprint density at radius 1 is 1.11 bits per heavy atom. The summed E-state index contributed by atoms with van der Waals surface area (Å²) in [6, 6.07) is 15.3. The van der Waals surface area contributed by atoms with E-state index in [1.165, 1.54) is 0 Å². The second-order valence-electron chi connectivity index (χ2n) is 6.53. The summed E-state index contributed by atoms with van der Waals surface area (Å²) in [5.74, 6) is 0.684. The molecule has 0 aliphatic heterocycles. The summed E-state index contributed by atoms with van der Waals surface area (Å²) in [5, 5.41) is 2.95. The monoisotopic (exact) mass is 360 g/mol. The van der Waals surface area contributed by atoms with Crippen molar-refractivity contribution < 1.29 is 4.79 Å². The molecule has 0 radical (unpaired) electrons. The molecule has 0 spiro atoms. The SMILES string of the molecule is CCCN(C)c1ccc(C(=O)Nc2ccc(C)c(-c3ccccn3)c2)cn1. The fourth-order valence-electron chi connectivity index (χ4n) is 2.90. The lowest BCUT2D eigenvalue weighted by atomic mass is 10.0. The zero-order valence-corrected chi connectivity index (χ0v) is 15.9. The van der Waals surface area contributed by atoms with Gasteiger partial charge in [0.05, 0.1) is 11.3 Å². The predicted octanol–water partition coefficient (Wildman–Crippen LogP) is 4.55. The third-order valence-corrected chi connectivity index (χ3v) is 4.40. The summed E-state index contributed by atoms with van der Waals surface area (Å²) >= 11 is 0. The lowest BCUT2D eigenvalue weighted by molar-refractivity contribution is 0.102. The number of carbonyl (C=O) groups excluding carboxylic acids is 1. The van der Waals surface area contributed by atoms with E-state index in [4.69, 9.17) is 0 Å². The number of aryl methyl sites for hydroxylation is 1. The van der Waals surface area contributed by atoms with E-state index in [2.05, 4.69) is 27.1 Å². The van der Waals surface area contributed by atoms with Crippen molar-refractivity contribution in [2.24, 2.45) is 0 Å². The quantitative estimate of drug-likeness (QED) is 0.700. The molecule has 5 heteroatoms. The number of nitrogens with one attached hydrogen (secondary N) is 1. The number of hydrogen-bond donors (Lipinski definition) is 1. The van der Waals surface area contributed by atoms with Crippen molar-refractivity contribution in [3.8, 4) is 11.3 Å². The molecule has 0 aliphatic rings. The van der Waals surface area contributed by atoms with Gasteiger partial charge in [-0.1, -0.05) is 19.1 Å². The van der Waals surface area contributed by atoms with Crippen LogP contribution in [0.15, 0.2) is 60.9 Å². The first kappa shape index (κ1) is 18.6. The summed E-state index contributed by atoms with van der Waals surface area (Å²) in [6.07, 6.45) is 4.43. The van der Waals surface area contributed by atoms with Crippen molar-refractivity contribution in [1.29, 1.82) is 0 Å². The first-order chi connectivity index (χ1) is 13.1. The van der Waals surface area contributed by atoms with Crippen molar-refractivity contribution in [3.05, 3.63) is 72.1 Å². The molecule has 0 atom stereocenters. The van der Waals surface area contributed by atoms with Gasteiger partial charge < -0.3 is 10.2 Å². The number of rotatable bonds is 6. The number of benzene rings is 1. The number of carbonyl (C=O) groups is 1. The maximum absolute atomic E-state index is 12.6. The molecule has 1 aromatic carbocycles. The van der Waals surface area contributed by atoms with E-state index < -0.39 is 0 Å². The standard InChI is InChI=1S/C22H24N4O/c1-4-13-26(3)21-11-9-17(15-24-21)22(27)25-18-10-8-16(2)19(14-18)20-7-5-6-12-23-20/h5-12,14-15H,4,13H2,1-3H3,(H,25,27). The molecule has 3 aromatic rings. The smallest absolute Gasteiger partial charge is 0.257 e. The fourth-order valence-corrected chi connectivity index (χ4v) is 2.90. The van der Waals surface area contributed by atoms with Gasteiger partial charge in [0.25, 0.3) is 5.91 Å². The first-order valence-electron chi connectivity index (χ1n) is 9.09. The van der Waals surface area contributed by atoms with Crippen LogP contribution in [0.5, 0.6) is 0 Å². The van der Waals surface area contributed by atoms with Crippen LogP contribution in [0.1, 0.15) is 29.3 Å². The first-order valence-corrected chi connectivity index (χ1v) is 9.09. The molecular weight excluding hydrogens is 336 g/mol. The molecule has 2 heterocycles. The van der Waals surface area contributed by atoms with Crippen LogP contribution in [0.25, 0.3) is 11.3 Å². The van der Waals surface area contributed by atoms with E-state index in [1.807, 2.05) is 56.4 Å². The van der Waals surface area contributed by atoms with Crippen LogP contribution in [0.2, 0.25) is 0 Å². The van der Waals surface area contributed by atoms with Gasteiger partial charge in [0, 0.05) is 37.2 Å². The van der Waals surface area contributed by atoms with E-state index in [1.54, 1.807) is 18.5 Å². The average Bonchev–Trinajstić information content (AvgIpc) is 2.70. The highest BCUT2D eigenvalue weighted by Gasteiger charge is 2.10. The average molecular weight is 360 g/mol. The summed E-state index contributed by atoms with van der Waals surface area (Å²) in [4.78, 5) is 23.4. The van der Waals surface area contributed by atoms with Crippen molar-refractivity contribution >= 4 is 17.4 Å². The second kappa shape index (κ2) is 8.45. The van der Waals surface area contributed by atoms with Crippen LogP contribution in [-0.4, -0.2) is 29.5 Å². The van der Waals surface area contributed by atoms with E-state index >= 15 is 0 Å². The van der Waals surface area contributed by atoms with Crippen molar-refractivity contribution in [2.45, 2.75) is 20.3 Å². The molecule has 0 saturated heterocycles. The summed E-state index contributed by atoms with van der Waals surface area (Å²) in [6.45, 7) is 5.09. The third kappa shape index (κ3) is 4.50. The minimum absolute atomic E-state index is 0.178. The molecule has 0 fully saturated rings. The minimum Gasteiger partial charge on any atom is -0.360 e. The highest BCUT2D eigenvalue weighted by atomic mass is 16.1. The second-order valence-corrected chi connectivity index (χ2v) is 6.53. The molecule has 138 valence electrons. The van der Waals surface area contributed by atoms with E-state index in [0.29, 0.717) is 5.56 Å². The molecule has 5 nitrogen and oxygen atoms in total. The van der Waals surface area contributed by atoms with Gasteiger partial charge in [-0.25, -0.2) is 4.98 Å². The van der Waals surface area contributed by atoms with Crippen molar-refractivity contribution in [1.82, 2.24) is 9.97 Å². The van der Waals surface area contributed by atoms with Crippen molar-refractivity contribution in [2.75, 3.05) is 23.8 Å². The van der Waals surface area contributed by atoms with Gasteiger partial charge in [-0.2, -0.15) is 0 Å². The Kier molecular flexibility index (Phi) is 5.81. The molecule has 0 saturated carbocycles. The summed E-state index contributed by atoms with van der Waals surface area (Å²) in [7, 11) is 2.00. The zero-order valence-electron chi connectivity index (χ0n) is 15.9. The summed E-state index contributed by atoms with van der Waals surface area (Å²) in [5.41, 5.74) is 4.26. The van der Waals surface area contributed by atoms with Crippen LogP contribution in [0.4, 0.5) is 11.5 Å². The van der Waals surface area contributed by atoms with Crippen LogP contribution in [0, 0.1) is 6.92 Å². The zero-order chi connectivity index (χ0) is 19.2. The Labute approximate surface area is 160 Å². The van der Waals surface area contributed by atoms with Crippen molar-refractivity contribution in [3.63, 3.8) is 0 Å². The highest BCUT2D eigenvalue weighted by Crippen LogP contribution is 2.25. The lowest BCUT2D eigenvalue weighted by Gasteiger charge is -2.17. The molecule has 1 N–H and O–H groups in total. The number of hydrogen-bond acceptors (Lipinski definition) is 4. The van der Waals surface area contributed by atoms with Gasteiger partial charge >= 0.3 is 0 Å². The molecule has 27 heavy (non-hydrogen) atoms. The van der Waals surface area contributed by atoms with Gasteiger partial charge in [0.1, 0.15) is 5.82 Å². The van der Waals surface area contributed by atoms with Crippen LogP contribution in [-0.2, 0) is 0 Å². The van der Waals surface area contributed by atoms with Gasteiger partial charge in [-0.3, -0.25) is 9.78 Å². The molecule has 3 rings (SSSR count). The summed E-state index contributed by atoms with van der Waals surface area (Å²) < 4.78 is 0. The largest absolute Gasteiger partial charge is 0.360 e. The molecule has 0 aliphatic carbocycles. The molecule has 0 bridgehead atoms. The highest BCUT2D eigenvalue weighted by molar-refractivity contribution is 6.04. The number of nitrogens with zero attached hydrogens (tertiary/aromatic N) is 3. The molecule has 0 unspecified atom stereocenters. The topological polar surface area (TPSA) is 58.1 Å². The Morgan fingerprint density at radius 2 is 1.96 bits per heavy atom. The molecule has 2 aromatic heterocycles. The lowest BCUT2D eigenvalue weighted by Crippen LogP contribution is -2.19. The van der Waals surface area contributed by atoms with Gasteiger partial charge in [0.15, 0.2) is 0 Å². The van der Waals surface area contributed by atoms with Gasteiger partial charge in [-0.15, -0.1) is 0 Å². The van der Waals surface area contributed by atoms with E-state index in [-0.39, 0.29) is 5.91 Å². The number of anilines is 2. The molecular formula is C22H24N4O. The number of aromatic nitrogens is 2. The third-order valence-electron chi connectivity index (χ3n) is 4.40. The van der Waals surface area contributed by atoms with E-state index in [0.717, 1.165) is 41.3 Å². The fraction of sp³-hybridized carbons (Fsp3) is 0.227. The maximum Gasteiger partial charge on any atom is 0.257 e. The predicted molar refractivity (Wildman–Crippen MR) is 110 cm³/mol. The minimum atomic E-state index is -0.178. The Bertz CT molecular complexity index is 907. The Balaban J connectivity index is 1.76. The van der Waals surface area contributed by atoms with Crippen LogP contribution < -0.4 is 10.2 Å². The Hall–Kier alpha value is -3.21. The number of amides is 1. The van der Waals surface area contributed by atoms with Crippen LogP contribution >= 0.6 is 0 Å². The Morgan fingerprint density at radius 3 is 2.63 bits per heavy atom. The normalized spacial score (nSPS) is 10.5.